The van der Waals surface area contributed by atoms with Crippen LogP contribution in [0.15, 0.2) is 65.2 Å². The Morgan fingerprint density at radius 3 is 2.69 bits per heavy atom. The number of aryl methyl sites for hydroxylation is 1. The van der Waals surface area contributed by atoms with Gasteiger partial charge in [-0.15, -0.1) is 0 Å². The maximum atomic E-state index is 14.5. The largest absolute Gasteiger partial charge is 0.465 e. The van der Waals surface area contributed by atoms with Crippen molar-refractivity contribution < 1.29 is 27.5 Å². The summed E-state index contributed by atoms with van der Waals surface area (Å²) in [5, 5.41) is -0.0641. The number of ether oxygens (including phenoxy) is 1. The van der Waals surface area contributed by atoms with Gasteiger partial charge in [-0.1, -0.05) is 82.6 Å². The Morgan fingerprint density at radius 1 is 1.08 bits per heavy atom. The van der Waals surface area contributed by atoms with E-state index < -0.39 is 38.7 Å². The number of nitrogens with one attached hydrogen (secondary N) is 1. The molecule has 0 unspecified atom stereocenters. The zero-order chi connectivity index (χ0) is 34.2. The summed E-state index contributed by atoms with van der Waals surface area (Å²) in [4.78, 5) is 48.9. The fourth-order valence-electron chi connectivity index (χ4n) is 7.46. The molecule has 9 nitrogen and oxygen atoms in total. The Morgan fingerprint density at radius 2 is 1.90 bits per heavy atom. The average Bonchev–Trinajstić information content (AvgIpc) is 3.97. The first kappa shape index (κ1) is 34.4. The Kier molecular flexibility index (Phi) is 10.0. The minimum atomic E-state index is -3.78. The summed E-state index contributed by atoms with van der Waals surface area (Å²) in [7, 11) is -3.78. The number of thiazole rings is 1. The summed E-state index contributed by atoms with van der Waals surface area (Å²) in [5.74, 6) is -1.36. The number of fused-ring (bicyclic) bond motifs is 3. The van der Waals surface area contributed by atoms with E-state index >= 15 is 0 Å². The van der Waals surface area contributed by atoms with Crippen LogP contribution in [0.1, 0.15) is 76.2 Å². The first-order valence-electron chi connectivity index (χ1n) is 17.4. The molecule has 3 fully saturated rings. The molecule has 3 aromatic rings. The first-order chi connectivity index (χ1) is 23.6. The molecule has 5 atom stereocenters. The third-order valence-corrected chi connectivity index (χ3v) is 13.8. The summed E-state index contributed by atoms with van der Waals surface area (Å²) in [6.07, 6.45) is 11.1. The quantitative estimate of drug-likeness (QED) is 0.252. The lowest BCUT2D eigenvalue weighted by molar-refractivity contribution is -0.142. The van der Waals surface area contributed by atoms with Crippen molar-refractivity contribution in [2.45, 2.75) is 94.4 Å². The summed E-state index contributed by atoms with van der Waals surface area (Å²) >= 11 is 4.93. The number of halogens is 1. The Bertz CT molecular complexity index is 1860. The summed E-state index contributed by atoms with van der Waals surface area (Å²) in [6.45, 7) is 0.245. The maximum absolute atomic E-state index is 14.5. The third-order valence-electron chi connectivity index (χ3n) is 10.6. The van der Waals surface area contributed by atoms with Gasteiger partial charge in [-0.2, -0.15) is 0 Å². The summed E-state index contributed by atoms with van der Waals surface area (Å²) < 4.78 is 36.2. The second-order valence-electron chi connectivity index (χ2n) is 14.1. The number of allylic oxidation sites excluding steroid dienone is 2. The number of hydrogen-bond acceptors (Lipinski definition) is 8. The van der Waals surface area contributed by atoms with E-state index in [4.69, 9.17) is 4.74 Å². The molecule has 2 aromatic carbocycles. The van der Waals surface area contributed by atoms with Gasteiger partial charge < -0.3 is 9.64 Å². The monoisotopic (exact) mass is 767 g/mol. The fourth-order valence-corrected chi connectivity index (χ4v) is 10.3. The molecule has 3 heterocycles. The Labute approximate surface area is 300 Å². The molecule has 2 aliphatic carbocycles. The highest BCUT2D eigenvalue weighted by atomic mass is 79.9. The van der Waals surface area contributed by atoms with Crippen LogP contribution in [0, 0.1) is 17.3 Å². The normalized spacial score (nSPS) is 28.6. The van der Waals surface area contributed by atoms with E-state index in [0.29, 0.717) is 30.9 Å². The Balaban J connectivity index is 1.16. The van der Waals surface area contributed by atoms with Gasteiger partial charge >= 0.3 is 0 Å². The molecule has 49 heavy (non-hydrogen) atoms. The number of hydrogen-bond donors (Lipinski definition) is 1. The molecular formula is C37H42BrN3O6S2. The number of sulfonamides is 1. The van der Waals surface area contributed by atoms with Crippen LogP contribution < -0.4 is 9.46 Å². The van der Waals surface area contributed by atoms with Gasteiger partial charge in [0.25, 0.3) is 5.19 Å². The topological polar surface area (TPSA) is 123 Å². The van der Waals surface area contributed by atoms with Crippen molar-refractivity contribution in [1.29, 1.82) is 0 Å². The number of Topliss-reactive ketones (excluding diaryl/α,β-unsaturated/α-hetero) is 1. The number of aromatic nitrogens is 1. The van der Waals surface area contributed by atoms with E-state index in [9.17, 15) is 22.8 Å². The number of rotatable bonds is 8. The van der Waals surface area contributed by atoms with Gasteiger partial charge in [0.05, 0.1) is 33.5 Å². The standard InChI is InChI=1S/C37H42BrN3O6S2/c38-27-15-18-30-33(19-27)48-36(39-30)47-28-20-31-32(42)22-37(35(44)40-49(45,46)29-16-17-29)21-26(37)12-8-3-1-2-7-11-25(34(43)41(31)23-28)14-13-24-9-5-4-6-10-24/h4-6,8-10,12,15,18-19,25-26,28-29,31H,1-3,7,11,13-14,16-17,20-23H2,(H,40,44)/b12-8-/t25-,26-,28-,31+,37-/m1/s1. The average molecular weight is 769 g/mol. The van der Waals surface area contributed by atoms with Gasteiger partial charge in [0.2, 0.25) is 21.8 Å². The predicted octanol–water partition coefficient (Wildman–Crippen LogP) is 6.75. The number of carbonyl (C=O) groups is 3. The van der Waals surface area contributed by atoms with Crippen LogP contribution in [-0.4, -0.2) is 59.8 Å². The van der Waals surface area contributed by atoms with Crippen LogP contribution in [-0.2, 0) is 30.8 Å². The fraction of sp³-hybridized carbons (Fsp3) is 0.514. The van der Waals surface area contributed by atoms with Crippen LogP contribution in [0.25, 0.3) is 10.2 Å². The smallest absolute Gasteiger partial charge is 0.274 e. The summed E-state index contributed by atoms with van der Waals surface area (Å²) in [5.41, 5.74) is 0.838. The third kappa shape index (κ3) is 7.81. The van der Waals surface area contributed by atoms with Gasteiger partial charge in [-0.3, -0.25) is 19.1 Å². The van der Waals surface area contributed by atoms with Crippen LogP contribution in [0.4, 0.5) is 0 Å². The summed E-state index contributed by atoms with van der Waals surface area (Å²) in [6, 6.07) is 15.2. The van der Waals surface area contributed by atoms with Crippen LogP contribution in [0.2, 0.25) is 0 Å². The predicted molar refractivity (Wildman–Crippen MR) is 193 cm³/mol. The molecule has 2 saturated carbocycles. The van der Waals surface area contributed by atoms with Gasteiger partial charge in [0.15, 0.2) is 5.78 Å². The van der Waals surface area contributed by atoms with E-state index in [1.807, 2.05) is 42.5 Å². The highest BCUT2D eigenvalue weighted by Crippen LogP contribution is 2.57. The number of amides is 2. The molecular weight excluding hydrogens is 726 g/mol. The van der Waals surface area contributed by atoms with Crippen LogP contribution in [0.3, 0.4) is 0 Å². The van der Waals surface area contributed by atoms with Gasteiger partial charge in [-0.25, -0.2) is 13.4 Å². The van der Waals surface area contributed by atoms with Crippen molar-refractivity contribution in [2.75, 3.05) is 6.54 Å². The SMILES string of the molecule is O=C1C[C@]2(C(=O)NS(=O)(=O)C3CC3)C[C@H]2/C=C\CCCCC[C@H](CCc2ccccc2)C(=O)N2C[C@H](Oc3nc4ccc(Br)cc4s3)C[C@@H]12. The molecule has 1 saturated heterocycles. The van der Waals surface area contributed by atoms with Crippen LogP contribution >= 0.6 is 27.3 Å². The van der Waals surface area contributed by atoms with Gasteiger partial charge in [-0.05, 0) is 81.0 Å². The molecule has 4 aliphatic rings. The van der Waals surface area contributed by atoms with Gasteiger partial charge in [0, 0.05) is 23.2 Å². The number of benzene rings is 2. The van der Waals surface area contributed by atoms with Gasteiger partial charge in [0.1, 0.15) is 6.10 Å². The molecule has 1 aromatic heterocycles. The van der Waals surface area contributed by atoms with Crippen LogP contribution in [0.5, 0.6) is 5.19 Å². The lowest BCUT2D eigenvalue weighted by atomic mass is 9.90. The van der Waals surface area contributed by atoms with Crippen molar-refractivity contribution in [1.82, 2.24) is 14.6 Å². The highest BCUT2D eigenvalue weighted by molar-refractivity contribution is 9.10. The van der Waals surface area contributed by atoms with Crippen molar-refractivity contribution in [3.05, 3.63) is 70.7 Å². The zero-order valence-corrected chi connectivity index (χ0v) is 30.6. The maximum Gasteiger partial charge on any atom is 0.274 e. The molecule has 260 valence electrons. The zero-order valence-electron chi connectivity index (χ0n) is 27.4. The number of nitrogens with zero attached hydrogens (tertiary/aromatic N) is 2. The lowest BCUT2D eigenvalue weighted by Crippen LogP contribution is -2.46. The van der Waals surface area contributed by atoms with E-state index in [1.165, 1.54) is 16.9 Å². The van der Waals surface area contributed by atoms with E-state index in [1.54, 1.807) is 4.90 Å². The molecule has 0 spiro atoms. The molecule has 12 heteroatoms. The molecule has 7 rings (SSSR count). The van der Waals surface area contributed by atoms with Crippen molar-refractivity contribution in [3.63, 3.8) is 0 Å². The number of carbonyl (C=O) groups excluding carboxylic acids is 3. The minimum Gasteiger partial charge on any atom is -0.465 e. The highest BCUT2D eigenvalue weighted by Gasteiger charge is 2.61. The molecule has 2 amide bonds. The van der Waals surface area contributed by atoms with E-state index in [-0.39, 0.29) is 42.9 Å². The van der Waals surface area contributed by atoms with E-state index in [2.05, 4.69) is 43.8 Å². The second kappa shape index (κ2) is 14.3. The molecule has 2 aliphatic heterocycles. The second-order valence-corrected chi connectivity index (χ2v) is 18.0. The van der Waals surface area contributed by atoms with Crippen molar-refractivity contribution in [2.24, 2.45) is 17.3 Å². The van der Waals surface area contributed by atoms with Crippen molar-refractivity contribution in [3.8, 4) is 5.19 Å². The minimum absolute atomic E-state index is 0.0521. The molecule has 1 N–H and O–H groups in total. The molecule has 0 radical (unpaired) electrons. The van der Waals surface area contributed by atoms with Crippen molar-refractivity contribution >= 4 is 65.1 Å². The Hall–Kier alpha value is -3.09. The van der Waals surface area contributed by atoms with E-state index in [0.717, 1.165) is 53.2 Å². The first-order valence-corrected chi connectivity index (χ1v) is 20.6. The molecule has 0 bridgehead atoms. The number of ketones is 1. The lowest BCUT2D eigenvalue weighted by Gasteiger charge is -2.29.